The minimum absolute atomic E-state index is 0.0141. The van der Waals surface area contributed by atoms with E-state index in [1.807, 2.05) is 0 Å². The Balaban J connectivity index is 1.52. The smallest absolute Gasteiger partial charge is 0.410 e. The Hall–Kier alpha value is -3.25. The van der Waals surface area contributed by atoms with Gasteiger partial charge in [-0.2, -0.15) is 13.2 Å². The fourth-order valence-electron chi connectivity index (χ4n) is 3.32. The van der Waals surface area contributed by atoms with Gasteiger partial charge in [-0.3, -0.25) is 9.59 Å². The summed E-state index contributed by atoms with van der Waals surface area (Å²) in [4.78, 5) is 28.6. The number of ether oxygens (including phenoxy) is 1. The second-order valence-electron chi connectivity index (χ2n) is 6.83. The monoisotopic (exact) mass is 431 g/mol. The molecule has 2 aliphatic heterocycles. The van der Waals surface area contributed by atoms with Crippen LogP contribution in [0.15, 0.2) is 12.1 Å². The highest BCUT2D eigenvalue weighted by atomic mass is 19.4. The Morgan fingerprint density at radius 2 is 2.07 bits per heavy atom. The zero-order chi connectivity index (χ0) is 21.6. The maximum atomic E-state index is 13.9. The predicted octanol–water partition coefficient (Wildman–Crippen LogP) is 2.13. The fraction of sp³-hybridized carbons (Fsp3) is 0.412. The van der Waals surface area contributed by atoms with Crippen molar-refractivity contribution < 1.29 is 36.3 Å². The van der Waals surface area contributed by atoms with Crippen LogP contribution in [0.5, 0.6) is 5.75 Å². The van der Waals surface area contributed by atoms with Gasteiger partial charge in [0.15, 0.2) is 5.82 Å². The number of aromatic nitrogens is 3. The normalized spacial score (nSPS) is 21.0. The third-order valence-electron chi connectivity index (χ3n) is 4.75. The molecule has 2 N–H and O–H groups in total. The van der Waals surface area contributed by atoms with Gasteiger partial charge in [-0.15, -0.1) is 5.10 Å². The summed E-state index contributed by atoms with van der Waals surface area (Å²) in [5.41, 5.74) is -0.387. The topological polar surface area (TPSA) is 98.1 Å². The lowest BCUT2D eigenvalue weighted by molar-refractivity contribution is -0.174. The van der Waals surface area contributed by atoms with Crippen molar-refractivity contribution in [3.05, 3.63) is 35.4 Å². The molecule has 0 saturated heterocycles. The summed E-state index contributed by atoms with van der Waals surface area (Å²) in [5.74, 6) is -4.62. The summed E-state index contributed by atoms with van der Waals surface area (Å²) in [6.07, 6.45) is -4.26. The van der Waals surface area contributed by atoms with Crippen molar-refractivity contribution in [1.29, 1.82) is 0 Å². The Labute approximate surface area is 165 Å². The molecule has 0 unspecified atom stereocenters. The number of rotatable bonds is 2. The van der Waals surface area contributed by atoms with Crippen molar-refractivity contribution in [2.45, 2.75) is 37.5 Å². The molecular formula is C17H14F5N5O3. The molecule has 3 heterocycles. The van der Waals surface area contributed by atoms with Crippen LogP contribution in [0.4, 0.5) is 27.6 Å². The first-order valence-electron chi connectivity index (χ1n) is 8.89. The van der Waals surface area contributed by atoms with E-state index in [9.17, 15) is 31.5 Å². The number of carbonyl (C=O) groups excluding carboxylic acids is 2. The third kappa shape index (κ3) is 3.66. The fourth-order valence-corrected chi connectivity index (χ4v) is 3.32. The molecule has 30 heavy (non-hydrogen) atoms. The van der Waals surface area contributed by atoms with E-state index in [0.29, 0.717) is 10.7 Å². The number of carbonyl (C=O) groups is 2. The predicted molar refractivity (Wildman–Crippen MR) is 89.8 cm³/mol. The zero-order valence-electron chi connectivity index (χ0n) is 15.1. The van der Waals surface area contributed by atoms with Crippen LogP contribution in [-0.2, 0) is 11.2 Å². The second-order valence-corrected chi connectivity index (χ2v) is 6.83. The Bertz CT molecular complexity index is 1020. The molecule has 2 amide bonds. The average Bonchev–Trinajstić information content (AvgIpc) is 3.04. The van der Waals surface area contributed by atoms with Crippen LogP contribution in [0, 0.1) is 11.6 Å². The summed E-state index contributed by atoms with van der Waals surface area (Å²) in [6.45, 7) is -0.466. The lowest BCUT2D eigenvalue weighted by Crippen LogP contribution is -2.46. The molecule has 0 bridgehead atoms. The number of hydrogen-bond acceptors (Lipinski definition) is 5. The standard InChI is InChI=1S/C17H14F5N5O3/c18-7-4-8(19)13-10(5-7)30-6-9(15(28)25-13)23-16(29)14-24-12-3-1-2-11(17(20,21)22)27(12)26-14/h4-5,9,11H,1-3,6H2,(H,23,29)(H,25,28)/t9-,11+/m0/s1. The SMILES string of the molecule is O=C(N[C@H]1COc2cc(F)cc(F)c2NC1=O)c1nc2n(n1)[C@@H](C(F)(F)F)CCC2. The number of nitrogens with one attached hydrogen (secondary N) is 2. The quantitative estimate of drug-likeness (QED) is 0.710. The summed E-state index contributed by atoms with van der Waals surface area (Å²) < 4.78 is 72.6. The number of amides is 2. The van der Waals surface area contributed by atoms with Crippen LogP contribution in [0.25, 0.3) is 0 Å². The van der Waals surface area contributed by atoms with E-state index in [0.717, 1.165) is 6.07 Å². The molecule has 0 aliphatic carbocycles. The van der Waals surface area contributed by atoms with E-state index in [4.69, 9.17) is 4.74 Å². The number of alkyl halides is 3. The van der Waals surface area contributed by atoms with Gasteiger partial charge < -0.3 is 15.4 Å². The van der Waals surface area contributed by atoms with Gasteiger partial charge in [-0.25, -0.2) is 18.4 Å². The number of benzene rings is 1. The molecule has 2 atom stereocenters. The maximum Gasteiger partial charge on any atom is 0.410 e. The first-order chi connectivity index (χ1) is 14.1. The molecule has 8 nitrogen and oxygen atoms in total. The van der Waals surface area contributed by atoms with E-state index < -0.39 is 54.1 Å². The molecule has 2 aliphatic rings. The van der Waals surface area contributed by atoms with Gasteiger partial charge in [0.1, 0.15) is 41.8 Å². The van der Waals surface area contributed by atoms with E-state index in [-0.39, 0.29) is 36.5 Å². The Morgan fingerprint density at radius 3 is 2.80 bits per heavy atom. The van der Waals surface area contributed by atoms with Crippen LogP contribution in [0.2, 0.25) is 0 Å². The van der Waals surface area contributed by atoms with Gasteiger partial charge in [0, 0.05) is 18.6 Å². The molecule has 160 valence electrons. The second kappa shape index (κ2) is 7.22. The largest absolute Gasteiger partial charge is 0.488 e. The summed E-state index contributed by atoms with van der Waals surface area (Å²) in [6, 6.07) is -1.80. The van der Waals surface area contributed by atoms with Gasteiger partial charge >= 0.3 is 6.18 Å². The number of nitrogens with zero attached hydrogens (tertiary/aromatic N) is 3. The highest BCUT2D eigenvalue weighted by Crippen LogP contribution is 2.37. The first kappa shape index (κ1) is 20.0. The number of anilines is 1. The molecule has 1 aromatic carbocycles. The van der Waals surface area contributed by atoms with Crippen molar-refractivity contribution >= 4 is 17.5 Å². The highest BCUT2D eigenvalue weighted by Gasteiger charge is 2.44. The molecule has 1 aromatic heterocycles. The molecule has 13 heteroatoms. The highest BCUT2D eigenvalue weighted by molar-refractivity contribution is 6.01. The van der Waals surface area contributed by atoms with Crippen LogP contribution < -0.4 is 15.4 Å². The van der Waals surface area contributed by atoms with Crippen LogP contribution in [0.3, 0.4) is 0 Å². The van der Waals surface area contributed by atoms with Crippen LogP contribution in [-0.4, -0.2) is 45.4 Å². The zero-order valence-corrected chi connectivity index (χ0v) is 15.1. The van der Waals surface area contributed by atoms with Crippen LogP contribution >= 0.6 is 0 Å². The summed E-state index contributed by atoms with van der Waals surface area (Å²) >= 11 is 0. The van der Waals surface area contributed by atoms with Gasteiger partial charge in [0.05, 0.1) is 0 Å². The van der Waals surface area contributed by atoms with Gasteiger partial charge in [0.25, 0.3) is 11.8 Å². The van der Waals surface area contributed by atoms with Gasteiger partial charge in [-0.1, -0.05) is 0 Å². The van der Waals surface area contributed by atoms with Crippen molar-refractivity contribution in [1.82, 2.24) is 20.1 Å². The average molecular weight is 431 g/mol. The third-order valence-corrected chi connectivity index (χ3v) is 4.75. The number of aryl methyl sites for hydroxylation is 1. The minimum Gasteiger partial charge on any atom is -0.488 e. The van der Waals surface area contributed by atoms with E-state index in [1.54, 1.807) is 0 Å². The summed E-state index contributed by atoms with van der Waals surface area (Å²) in [5, 5.41) is 8.10. The van der Waals surface area contributed by atoms with E-state index >= 15 is 0 Å². The van der Waals surface area contributed by atoms with E-state index in [2.05, 4.69) is 20.7 Å². The molecule has 2 aromatic rings. The maximum absolute atomic E-state index is 13.9. The number of fused-ring (bicyclic) bond motifs is 2. The minimum atomic E-state index is -4.54. The van der Waals surface area contributed by atoms with Crippen molar-refractivity contribution in [2.75, 3.05) is 11.9 Å². The molecule has 0 spiro atoms. The molecular weight excluding hydrogens is 417 g/mol. The number of halogens is 5. The Kier molecular flexibility index (Phi) is 4.82. The van der Waals surface area contributed by atoms with Gasteiger partial charge in [0.2, 0.25) is 5.82 Å². The molecule has 0 saturated carbocycles. The van der Waals surface area contributed by atoms with Crippen molar-refractivity contribution in [3.63, 3.8) is 0 Å². The lowest BCUT2D eigenvalue weighted by atomic mass is 10.1. The van der Waals surface area contributed by atoms with Gasteiger partial charge in [-0.05, 0) is 12.8 Å². The molecule has 4 rings (SSSR count). The van der Waals surface area contributed by atoms with Crippen molar-refractivity contribution in [3.8, 4) is 5.75 Å². The van der Waals surface area contributed by atoms with Crippen molar-refractivity contribution in [2.24, 2.45) is 0 Å². The Morgan fingerprint density at radius 1 is 1.30 bits per heavy atom. The van der Waals surface area contributed by atoms with E-state index in [1.165, 1.54) is 0 Å². The molecule has 0 fully saturated rings. The first-order valence-corrected chi connectivity index (χ1v) is 8.89. The molecule has 0 radical (unpaired) electrons. The number of hydrogen-bond donors (Lipinski definition) is 2. The lowest BCUT2D eigenvalue weighted by Gasteiger charge is -2.25. The van der Waals surface area contributed by atoms with Crippen LogP contribution in [0.1, 0.15) is 35.3 Å². The summed E-state index contributed by atoms with van der Waals surface area (Å²) in [7, 11) is 0.